The minimum absolute atomic E-state index is 0.566. The molecule has 2 nitrogen and oxygen atoms in total. The van der Waals surface area contributed by atoms with Crippen molar-refractivity contribution < 1.29 is 0 Å². The molecule has 0 heterocycles. The molecule has 0 fully saturated rings. The van der Waals surface area contributed by atoms with Crippen molar-refractivity contribution in [3.05, 3.63) is 34.3 Å². The Morgan fingerprint density at radius 3 is 2.63 bits per heavy atom. The minimum Gasteiger partial charge on any atom is -0.310 e. The van der Waals surface area contributed by atoms with Crippen molar-refractivity contribution in [1.29, 1.82) is 5.26 Å². The fourth-order valence-corrected chi connectivity index (χ4v) is 2.41. The Morgan fingerprint density at radius 2 is 2.05 bits per heavy atom. The number of nitriles is 1. The maximum Gasteiger partial charge on any atom is 0.0992 e. The van der Waals surface area contributed by atoms with Crippen LogP contribution in [0.4, 0.5) is 0 Å². The first-order valence-electron chi connectivity index (χ1n) is 7.13. The van der Waals surface area contributed by atoms with Crippen LogP contribution in [0.1, 0.15) is 57.1 Å². The van der Waals surface area contributed by atoms with Crippen LogP contribution in [0.2, 0.25) is 5.02 Å². The number of hydrogen-bond acceptors (Lipinski definition) is 2. The van der Waals surface area contributed by atoms with E-state index in [1.165, 1.54) is 32.1 Å². The second kappa shape index (κ2) is 8.96. The molecule has 0 aliphatic carbocycles. The summed E-state index contributed by atoms with van der Waals surface area (Å²) in [4.78, 5) is 0. The van der Waals surface area contributed by atoms with Gasteiger partial charge in [-0.1, -0.05) is 50.8 Å². The van der Waals surface area contributed by atoms with E-state index in [1.54, 1.807) is 6.07 Å². The van der Waals surface area contributed by atoms with Gasteiger partial charge in [0.25, 0.3) is 0 Å². The van der Waals surface area contributed by atoms with Crippen LogP contribution < -0.4 is 5.32 Å². The average Bonchev–Trinajstić information content (AvgIpc) is 2.42. The van der Waals surface area contributed by atoms with E-state index in [0.717, 1.165) is 12.1 Å². The molecule has 0 spiro atoms. The molecule has 104 valence electrons. The van der Waals surface area contributed by atoms with E-state index < -0.39 is 0 Å². The Hall–Kier alpha value is -1.04. The highest BCUT2D eigenvalue weighted by molar-refractivity contribution is 6.31. The smallest absolute Gasteiger partial charge is 0.0992 e. The molecule has 1 aromatic carbocycles. The Labute approximate surface area is 121 Å². The molecule has 1 N–H and O–H groups in total. The van der Waals surface area contributed by atoms with Gasteiger partial charge in [-0.15, -0.1) is 0 Å². The van der Waals surface area contributed by atoms with Crippen LogP contribution in [-0.2, 0) is 6.54 Å². The highest BCUT2D eigenvalue weighted by atomic mass is 35.5. The maximum absolute atomic E-state index is 8.81. The van der Waals surface area contributed by atoms with Gasteiger partial charge < -0.3 is 5.32 Å². The molecule has 19 heavy (non-hydrogen) atoms. The van der Waals surface area contributed by atoms with E-state index >= 15 is 0 Å². The van der Waals surface area contributed by atoms with Gasteiger partial charge in [0.15, 0.2) is 0 Å². The number of halogens is 1. The summed E-state index contributed by atoms with van der Waals surface area (Å²) in [6.45, 7) is 5.22. The van der Waals surface area contributed by atoms with Crippen LogP contribution in [0.5, 0.6) is 0 Å². The van der Waals surface area contributed by atoms with Crippen molar-refractivity contribution in [3.63, 3.8) is 0 Å². The number of benzene rings is 1. The standard InChI is InChI=1S/C16H23ClN2/c1-3-5-7-15(6-4-2)19-12-14-9-8-13(11-18)10-16(14)17/h8-10,15,19H,3-7,12H2,1-2H3. The average molecular weight is 279 g/mol. The first-order chi connectivity index (χ1) is 9.21. The predicted molar refractivity (Wildman–Crippen MR) is 81.2 cm³/mol. The number of unbranched alkanes of at least 4 members (excludes halogenated alkanes) is 1. The third-order valence-corrected chi connectivity index (χ3v) is 3.66. The van der Waals surface area contributed by atoms with E-state index in [-0.39, 0.29) is 0 Å². The van der Waals surface area contributed by atoms with Crippen molar-refractivity contribution in [3.8, 4) is 6.07 Å². The molecule has 0 saturated carbocycles. The van der Waals surface area contributed by atoms with E-state index in [4.69, 9.17) is 16.9 Å². The minimum atomic E-state index is 0.566. The van der Waals surface area contributed by atoms with Gasteiger partial charge >= 0.3 is 0 Å². The summed E-state index contributed by atoms with van der Waals surface area (Å²) in [6.07, 6.45) is 6.12. The Balaban J connectivity index is 2.56. The highest BCUT2D eigenvalue weighted by Crippen LogP contribution is 2.18. The SMILES string of the molecule is CCCCC(CCC)NCc1ccc(C#N)cc1Cl. The third kappa shape index (κ3) is 5.63. The van der Waals surface area contributed by atoms with Crippen LogP contribution in [0.15, 0.2) is 18.2 Å². The summed E-state index contributed by atoms with van der Waals surface area (Å²) in [5, 5.41) is 13.1. The largest absolute Gasteiger partial charge is 0.310 e. The Bertz CT molecular complexity index is 423. The molecule has 0 aliphatic heterocycles. The van der Waals surface area contributed by atoms with Gasteiger partial charge in [-0.25, -0.2) is 0 Å². The Morgan fingerprint density at radius 1 is 1.26 bits per heavy atom. The van der Waals surface area contributed by atoms with Crippen LogP contribution in [0, 0.1) is 11.3 Å². The summed E-state index contributed by atoms with van der Waals surface area (Å²) in [7, 11) is 0. The molecule has 1 rings (SSSR count). The van der Waals surface area contributed by atoms with Gasteiger partial charge in [-0.3, -0.25) is 0 Å². The number of nitrogens with one attached hydrogen (secondary N) is 1. The zero-order chi connectivity index (χ0) is 14.1. The van der Waals surface area contributed by atoms with Crippen LogP contribution >= 0.6 is 11.6 Å². The molecule has 1 aromatic rings. The summed E-state index contributed by atoms with van der Waals surface area (Å²) in [5.74, 6) is 0. The van der Waals surface area contributed by atoms with Crippen LogP contribution in [0.25, 0.3) is 0 Å². The van der Waals surface area contributed by atoms with Gasteiger partial charge in [0, 0.05) is 17.6 Å². The van der Waals surface area contributed by atoms with Crippen molar-refractivity contribution in [2.75, 3.05) is 0 Å². The van der Waals surface area contributed by atoms with Crippen molar-refractivity contribution in [2.24, 2.45) is 0 Å². The van der Waals surface area contributed by atoms with E-state index in [9.17, 15) is 0 Å². The van der Waals surface area contributed by atoms with Gasteiger partial charge in [-0.2, -0.15) is 5.26 Å². The molecule has 0 aromatic heterocycles. The Kier molecular flexibility index (Phi) is 7.55. The first-order valence-corrected chi connectivity index (χ1v) is 7.51. The zero-order valence-corrected chi connectivity index (χ0v) is 12.6. The lowest BCUT2D eigenvalue weighted by Gasteiger charge is -2.18. The number of hydrogen-bond donors (Lipinski definition) is 1. The maximum atomic E-state index is 8.81. The monoisotopic (exact) mass is 278 g/mol. The summed E-state index contributed by atoms with van der Waals surface area (Å²) in [6, 6.07) is 8.17. The lowest BCUT2D eigenvalue weighted by molar-refractivity contribution is 0.434. The topological polar surface area (TPSA) is 35.8 Å². The van der Waals surface area contributed by atoms with Crippen molar-refractivity contribution >= 4 is 11.6 Å². The zero-order valence-electron chi connectivity index (χ0n) is 11.9. The second-order valence-electron chi connectivity index (χ2n) is 4.93. The normalized spacial score (nSPS) is 12.1. The summed E-state index contributed by atoms with van der Waals surface area (Å²) < 4.78 is 0. The molecule has 1 atom stereocenters. The molecular formula is C16H23ClN2. The van der Waals surface area contributed by atoms with E-state index in [2.05, 4.69) is 25.2 Å². The molecular weight excluding hydrogens is 256 g/mol. The fraction of sp³-hybridized carbons (Fsp3) is 0.562. The third-order valence-electron chi connectivity index (χ3n) is 3.31. The summed E-state index contributed by atoms with van der Waals surface area (Å²) in [5.41, 5.74) is 1.68. The second-order valence-corrected chi connectivity index (χ2v) is 5.33. The molecule has 0 aliphatic rings. The number of rotatable bonds is 8. The molecule has 0 amide bonds. The van der Waals surface area contributed by atoms with Gasteiger partial charge in [0.1, 0.15) is 0 Å². The van der Waals surface area contributed by atoms with Gasteiger partial charge in [-0.05, 0) is 30.5 Å². The molecule has 0 bridgehead atoms. The summed E-state index contributed by atoms with van der Waals surface area (Å²) >= 11 is 6.18. The first kappa shape index (κ1) is 16.0. The molecule has 0 saturated heterocycles. The van der Waals surface area contributed by atoms with Crippen molar-refractivity contribution in [1.82, 2.24) is 5.32 Å². The molecule has 0 radical (unpaired) electrons. The van der Waals surface area contributed by atoms with Crippen LogP contribution in [0.3, 0.4) is 0 Å². The van der Waals surface area contributed by atoms with E-state index in [1.807, 2.05) is 12.1 Å². The lowest BCUT2D eigenvalue weighted by atomic mass is 10.0. The quantitative estimate of drug-likeness (QED) is 0.751. The highest BCUT2D eigenvalue weighted by Gasteiger charge is 2.08. The van der Waals surface area contributed by atoms with Crippen LogP contribution in [-0.4, -0.2) is 6.04 Å². The number of nitrogens with zero attached hydrogens (tertiary/aromatic N) is 1. The van der Waals surface area contributed by atoms with Gasteiger partial charge in [0.2, 0.25) is 0 Å². The predicted octanol–water partition coefficient (Wildman–Crippen LogP) is 4.66. The molecule has 3 heteroatoms. The lowest BCUT2D eigenvalue weighted by Crippen LogP contribution is -2.28. The molecule has 1 unspecified atom stereocenters. The fourth-order valence-electron chi connectivity index (χ4n) is 2.16. The van der Waals surface area contributed by atoms with E-state index in [0.29, 0.717) is 16.6 Å². The van der Waals surface area contributed by atoms with Crippen molar-refractivity contribution in [2.45, 2.75) is 58.5 Å². The van der Waals surface area contributed by atoms with Gasteiger partial charge in [0.05, 0.1) is 11.6 Å².